The molecule has 11 heteroatoms. The van der Waals surface area contributed by atoms with Crippen LogP contribution in [0.4, 0.5) is 0 Å². The van der Waals surface area contributed by atoms with Gasteiger partial charge in [-0.1, -0.05) is 178 Å². The van der Waals surface area contributed by atoms with Crippen LogP contribution in [0.3, 0.4) is 0 Å². The molecule has 1 rings (SSSR count). The molecule has 0 saturated carbocycles. The fourth-order valence-corrected chi connectivity index (χ4v) is 8.40. The summed E-state index contributed by atoms with van der Waals surface area (Å²) in [6.45, 7) is 4.23. The van der Waals surface area contributed by atoms with Gasteiger partial charge in [0.15, 0.2) is 6.29 Å². The number of rotatable bonds is 47. The first-order valence-corrected chi connectivity index (χ1v) is 27.9. The van der Waals surface area contributed by atoms with Crippen LogP contribution in [0, 0.1) is 0 Å². The summed E-state index contributed by atoms with van der Waals surface area (Å²) in [5.41, 5.74) is 0. The first-order valence-electron chi connectivity index (χ1n) is 27.9. The van der Waals surface area contributed by atoms with Crippen molar-refractivity contribution in [3.63, 3.8) is 0 Å². The zero-order chi connectivity index (χ0) is 49.6. The van der Waals surface area contributed by atoms with Crippen molar-refractivity contribution in [1.29, 1.82) is 0 Å². The van der Waals surface area contributed by atoms with Gasteiger partial charge in [0.05, 0.1) is 32.0 Å². The highest BCUT2D eigenvalue weighted by Gasteiger charge is 2.44. The number of esters is 1. The van der Waals surface area contributed by atoms with Gasteiger partial charge in [-0.25, -0.2) is 0 Å². The smallest absolute Gasteiger partial charge is 0.305 e. The summed E-state index contributed by atoms with van der Waals surface area (Å²) in [6.07, 6.45) is 47.6. The molecule has 0 aliphatic carbocycles. The number of hydrogen-bond donors (Lipinski definition) is 6. The summed E-state index contributed by atoms with van der Waals surface area (Å²) in [6, 6.07) is -0.822. The lowest BCUT2D eigenvalue weighted by molar-refractivity contribution is -0.302. The summed E-state index contributed by atoms with van der Waals surface area (Å²) < 4.78 is 16.6. The Morgan fingerprint density at radius 3 is 1.53 bits per heavy atom. The van der Waals surface area contributed by atoms with Crippen LogP contribution in [0.2, 0.25) is 0 Å². The number of amides is 1. The zero-order valence-electron chi connectivity index (χ0n) is 43.3. The highest BCUT2D eigenvalue weighted by molar-refractivity contribution is 5.76. The Balaban J connectivity index is 2.15. The van der Waals surface area contributed by atoms with Crippen molar-refractivity contribution in [2.75, 3.05) is 19.8 Å². The quantitative estimate of drug-likeness (QED) is 0.0196. The first-order chi connectivity index (χ1) is 33.2. The molecule has 0 spiro atoms. The van der Waals surface area contributed by atoms with Crippen LogP contribution in [0.5, 0.6) is 0 Å². The number of carbonyl (C=O) groups is 2. The maximum Gasteiger partial charge on any atom is 0.305 e. The molecule has 7 atom stereocenters. The fourth-order valence-electron chi connectivity index (χ4n) is 8.40. The van der Waals surface area contributed by atoms with E-state index < -0.39 is 49.5 Å². The van der Waals surface area contributed by atoms with Gasteiger partial charge in [-0.05, 0) is 96.3 Å². The Morgan fingerprint density at radius 2 is 0.985 bits per heavy atom. The Bertz CT molecular complexity index is 1270. The summed E-state index contributed by atoms with van der Waals surface area (Å²) in [4.78, 5) is 25.0. The lowest BCUT2D eigenvalue weighted by atomic mass is 9.99. The van der Waals surface area contributed by atoms with Crippen LogP contribution in [-0.4, -0.2) is 100 Å². The molecular weight excluding hydrogens is 859 g/mol. The molecule has 0 aromatic carbocycles. The lowest BCUT2D eigenvalue weighted by Gasteiger charge is -2.40. The molecule has 1 saturated heterocycles. The predicted molar refractivity (Wildman–Crippen MR) is 278 cm³/mol. The Labute approximate surface area is 415 Å². The van der Waals surface area contributed by atoms with Gasteiger partial charge in [0.1, 0.15) is 24.4 Å². The zero-order valence-corrected chi connectivity index (χ0v) is 43.3. The Kier molecular flexibility index (Phi) is 44.0. The Hall–Kier alpha value is -2.38. The highest BCUT2D eigenvalue weighted by Crippen LogP contribution is 2.23. The van der Waals surface area contributed by atoms with Gasteiger partial charge >= 0.3 is 5.97 Å². The van der Waals surface area contributed by atoms with Crippen LogP contribution in [0.1, 0.15) is 239 Å². The maximum atomic E-state index is 13.0. The van der Waals surface area contributed by atoms with Crippen molar-refractivity contribution >= 4 is 11.9 Å². The van der Waals surface area contributed by atoms with E-state index in [0.29, 0.717) is 19.4 Å². The molecule has 1 fully saturated rings. The van der Waals surface area contributed by atoms with Crippen molar-refractivity contribution < 1.29 is 49.3 Å². The fraction of sp³-hybridized carbons (Fsp3) is 0.825. The largest absolute Gasteiger partial charge is 0.466 e. The molecule has 0 radical (unpaired) electrons. The highest BCUT2D eigenvalue weighted by atomic mass is 16.7. The standard InChI is InChI=1S/C57H103NO10/c1-3-5-7-9-11-13-15-25-29-33-37-41-45-53(62)66-46-42-38-34-30-26-22-20-18-16-17-19-21-24-28-32-36-40-44-52(61)58-49(48-67-57-56(65)55(64)54(63)51(47-59)68-57)50(60)43-39-35-31-27-23-14-12-10-8-6-4-2/h11,13,16,18,22,26,39,43,49-51,54-57,59-60,63-65H,3-10,12,14-15,17,19-21,23-25,27-38,40-42,44-48H2,1-2H3,(H,58,61)/b13-11-,18-16-,26-22-,43-39+. The predicted octanol–water partition coefficient (Wildman–Crippen LogP) is 12.1. The van der Waals surface area contributed by atoms with Crippen LogP contribution < -0.4 is 5.32 Å². The molecule has 396 valence electrons. The molecule has 1 heterocycles. The topological polar surface area (TPSA) is 175 Å². The third-order valence-corrected chi connectivity index (χ3v) is 12.9. The number of hydrogen-bond acceptors (Lipinski definition) is 10. The second kappa shape index (κ2) is 47.0. The molecule has 0 bridgehead atoms. The van der Waals surface area contributed by atoms with E-state index >= 15 is 0 Å². The molecule has 6 N–H and O–H groups in total. The van der Waals surface area contributed by atoms with Crippen LogP contribution in [0.25, 0.3) is 0 Å². The van der Waals surface area contributed by atoms with Crippen molar-refractivity contribution in [3.05, 3.63) is 48.6 Å². The minimum absolute atomic E-state index is 0.0432. The van der Waals surface area contributed by atoms with Crippen molar-refractivity contribution in [3.8, 4) is 0 Å². The average molecular weight is 962 g/mol. The van der Waals surface area contributed by atoms with E-state index in [0.717, 1.165) is 96.3 Å². The minimum atomic E-state index is -1.58. The molecule has 0 aromatic rings. The maximum absolute atomic E-state index is 13.0. The van der Waals surface area contributed by atoms with Crippen molar-refractivity contribution in [1.82, 2.24) is 5.32 Å². The van der Waals surface area contributed by atoms with Gasteiger partial charge in [0.25, 0.3) is 0 Å². The monoisotopic (exact) mass is 962 g/mol. The molecule has 1 aliphatic rings. The summed E-state index contributed by atoms with van der Waals surface area (Å²) >= 11 is 0. The molecule has 0 aromatic heterocycles. The van der Waals surface area contributed by atoms with Gasteiger partial charge in [-0.3, -0.25) is 9.59 Å². The number of ether oxygens (including phenoxy) is 3. The van der Waals surface area contributed by atoms with E-state index in [4.69, 9.17) is 14.2 Å². The molecule has 68 heavy (non-hydrogen) atoms. The molecule has 7 unspecified atom stereocenters. The molecular formula is C57H103NO10. The third kappa shape index (κ3) is 36.5. The SMILES string of the molecule is CCCCC/C=C\CCCCCCCC(=O)OCCCCC/C=C\C/C=C\CCCCCCCCCC(=O)NC(COC1OC(CO)C(O)C(O)C1O)C(O)/C=C/CCCCCCCCCCC. The second-order valence-electron chi connectivity index (χ2n) is 19.3. The van der Waals surface area contributed by atoms with Crippen molar-refractivity contribution in [2.24, 2.45) is 0 Å². The second-order valence-corrected chi connectivity index (χ2v) is 19.3. The number of nitrogens with one attached hydrogen (secondary N) is 1. The average Bonchev–Trinajstić information content (AvgIpc) is 3.33. The number of allylic oxidation sites excluding steroid dienone is 7. The molecule has 11 nitrogen and oxygen atoms in total. The number of aliphatic hydroxyl groups is 5. The van der Waals surface area contributed by atoms with Gasteiger partial charge in [-0.2, -0.15) is 0 Å². The normalized spacial score (nSPS) is 19.8. The van der Waals surface area contributed by atoms with E-state index in [2.05, 4.69) is 55.6 Å². The van der Waals surface area contributed by atoms with Gasteiger partial charge in [0.2, 0.25) is 5.91 Å². The van der Waals surface area contributed by atoms with E-state index in [9.17, 15) is 35.1 Å². The van der Waals surface area contributed by atoms with Gasteiger partial charge in [-0.15, -0.1) is 0 Å². The summed E-state index contributed by atoms with van der Waals surface area (Å²) in [5, 5.41) is 54.2. The summed E-state index contributed by atoms with van der Waals surface area (Å²) in [5.74, 6) is -0.243. The van der Waals surface area contributed by atoms with Gasteiger partial charge in [0, 0.05) is 12.8 Å². The third-order valence-electron chi connectivity index (χ3n) is 12.9. The van der Waals surface area contributed by atoms with E-state index in [1.807, 2.05) is 6.08 Å². The van der Waals surface area contributed by atoms with Gasteiger partial charge < -0.3 is 45.1 Å². The number of aliphatic hydroxyl groups excluding tert-OH is 5. The number of carbonyl (C=O) groups excluding carboxylic acids is 2. The van der Waals surface area contributed by atoms with E-state index in [1.54, 1.807) is 6.08 Å². The number of unbranched alkanes of at least 4 members (excludes halogenated alkanes) is 27. The first kappa shape index (κ1) is 63.6. The lowest BCUT2D eigenvalue weighted by Crippen LogP contribution is -2.60. The van der Waals surface area contributed by atoms with Crippen LogP contribution >= 0.6 is 0 Å². The van der Waals surface area contributed by atoms with E-state index in [1.165, 1.54) is 116 Å². The molecule has 1 amide bonds. The Morgan fingerprint density at radius 1 is 0.544 bits per heavy atom. The van der Waals surface area contributed by atoms with E-state index in [-0.39, 0.29) is 18.5 Å². The minimum Gasteiger partial charge on any atom is -0.466 e. The summed E-state index contributed by atoms with van der Waals surface area (Å²) in [7, 11) is 0. The van der Waals surface area contributed by atoms with Crippen LogP contribution in [0.15, 0.2) is 48.6 Å². The van der Waals surface area contributed by atoms with Crippen molar-refractivity contribution in [2.45, 2.75) is 281 Å². The molecule has 1 aliphatic heterocycles. The van der Waals surface area contributed by atoms with Crippen LogP contribution in [-0.2, 0) is 23.8 Å².